The molecule has 2 aromatic rings. The third-order valence-electron chi connectivity index (χ3n) is 4.11. The van der Waals surface area contributed by atoms with Gasteiger partial charge in [-0.3, -0.25) is 14.2 Å². The topological polar surface area (TPSA) is 76.5 Å². The summed E-state index contributed by atoms with van der Waals surface area (Å²) in [4.78, 5) is 31.1. The van der Waals surface area contributed by atoms with Crippen LogP contribution in [-0.2, 0) is 22.6 Å². The average molecular weight is 360 g/mol. The zero-order valence-electron chi connectivity index (χ0n) is 14.6. The number of rotatable bonds is 5. The number of ether oxygens (including phenoxy) is 1. The summed E-state index contributed by atoms with van der Waals surface area (Å²) < 4.78 is 19.6. The molecular weight excluding hydrogens is 339 g/mol. The number of nitrogens with one attached hydrogen (secondary N) is 1. The van der Waals surface area contributed by atoms with E-state index in [2.05, 4.69) is 10.3 Å². The van der Waals surface area contributed by atoms with Gasteiger partial charge in [0.15, 0.2) is 0 Å². The van der Waals surface area contributed by atoms with Gasteiger partial charge < -0.3 is 15.0 Å². The van der Waals surface area contributed by atoms with Crippen LogP contribution in [0.3, 0.4) is 0 Å². The van der Waals surface area contributed by atoms with E-state index < -0.39 is 0 Å². The van der Waals surface area contributed by atoms with Crippen LogP contribution < -0.4 is 15.8 Å². The Hall–Kier alpha value is -2.74. The van der Waals surface area contributed by atoms with Crippen LogP contribution in [0.15, 0.2) is 35.1 Å². The lowest BCUT2D eigenvalue weighted by Gasteiger charge is -2.29. The predicted molar refractivity (Wildman–Crippen MR) is 94.5 cm³/mol. The molecule has 1 fully saturated rings. The standard InChI is InChI=1S/C18H21FN4O3/c1-13-10-17(25)23(18(21-13)22-6-8-26-9-7-22)12-16(24)20-11-14-2-4-15(19)5-3-14/h2-5,10H,6-9,11-12H2,1H3,(H,20,24). The highest BCUT2D eigenvalue weighted by molar-refractivity contribution is 5.76. The Balaban J connectivity index is 1.72. The maximum atomic E-state index is 12.9. The summed E-state index contributed by atoms with van der Waals surface area (Å²) in [5, 5.41) is 2.75. The summed E-state index contributed by atoms with van der Waals surface area (Å²) in [6.45, 7) is 4.24. The molecule has 0 radical (unpaired) electrons. The molecule has 3 rings (SSSR count). The fraction of sp³-hybridized carbons (Fsp3) is 0.389. The first-order valence-corrected chi connectivity index (χ1v) is 8.45. The van der Waals surface area contributed by atoms with Crippen molar-refractivity contribution in [3.8, 4) is 0 Å². The number of aryl methyl sites for hydroxylation is 1. The van der Waals surface area contributed by atoms with E-state index in [9.17, 15) is 14.0 Å². The van der Waals surface area contributed by atoms with Gasteiger partial charge in [0.05, 0.1) is 13.2 Å². The average Bonchev–Trinajstić information content (AvgIpc) is 2.64. The minimum atomic E-state index is -0.326. The number of halogens is 1. The minimum Gasteiger partial charge on any atom is -0.378 e. The number of benzene rings is 1. The fourth-order valence-electron chi connectivity index (χ4n) is 2.76. The van der Waals surface area contributed by atoms with Gasteiger partial charge in [0, 0.05) is 31.4 Å². The summed E-state index contributed by atoms with van der Waals surface area (Å²) in [7, 11) is 0. The highest BCUT2D eigenvalue weighted by atomic mass is 19.1. The smallest absolute Gasteiger partial charge is 0.255 e. The van der Waals surface area contributed by atoms with Crippen LogP contribution in [0, 0.1) is 12.7 Å². The van der Waals surface area contributed by atoms with E-state index >= 15 is 0 Å². The zero-order valence-corrected chi connectivity index (χ0v) is 14.6. The lowest BCUT2D eigenvalue weighted by Crippen LogP contribution is -2.42. The SMILES string of the molecule is Cc1cc(=O)n(CC(=O)NCc2ccc(F)cc2)c(N2CCOCC2)n1. The number of nitrogens with zero attached hydrogens (tertiary/aromatic N) is 3. The van der Waals surface area contributed by atoms with Crippen molar-refractivity contribution < 1.29 is 13.9 Å². The molecule has 1 N–H and O–H groups in total. The van der Waals surface area contributed by atoms with Crippen molar-refractivity contribution in [1.82, 2.24) is 14.9 Å². The second-order valence-corrected chi connectivity index (χ2v) is 6.12. The molecule has 26 heavy (non-hydrogen) atoms. The monoisotopic (exact) mass is 360 g/mol. The molecule has 2 heterocycles. The van der Waals surface area contributed by atoms with Crippen LogP contribution in [0.25, 0.3) is 0 Å². The number of carbonyl (C=O) groups is 1. The molecule has 8 heteroatoms. The van der Waals surface area contributed by atoms with E-state index in [-0.39, 0.29) is 30.4 Å². The molecule has 138 valence electrons. The predicted octanol–water partition coefficient (Wildman–Crippen LogP) is 0.844. The van der Waals surface area contributed by atoms with Crippen LogP contribution in [-0.4, -0.2) is 41.8 Å². The lowest BCUT2D eigenvalue weighted by molar-refractivity contribution is -0.121. The van der Waals surface area contributed by atoms with Crippen molar-refractivity contribution in [2.45, 2.75) is 20.0 Å². The van der Waals surface area contributed by atoms with E-state index in [1.54, 1.807) is 19.1 Å². The number of aromatic nitrogens is 2. The first kappa shape index (κ1) is 18.1. The number of morpholine rings is 1. The molecule has 1 aliphatic rings. The summed E-state index contributed by atoms with van der Waals surface area (Å²) in [5.74, 6) is -0.153. The van der Waals surface area contributed by atoms with Gasteiger partial charge in [-0.25, -0.2) is 9.37 Å². The highest BCUT2D eigenvalue weighted by Crippen LogP contribution is 2.12. The Bertz CT molecular complexity index is 829. The Morgan fingerprint density at radius 3 is 2.65 bits per heavy atom. The molecule has 0 atom stereocenters. The number of carbonyl (C=O) groups excluding carboxylic acids is 1. The molecule has 0 saturated carbocycles. The van der Waals surface area contributed by atoms with Gasteiger partial charge in [0.1, 0.15) is 12.4 Å². The van der Waals surface area contributed by atoms with Crippen LogP contribution in [0.2, 0.25) is 0 Å². The molecule has 1 saturated heterocycles. The van der Waals surface area contributed by atoms with E-state index in [0.29, 0.717) is 37.9 Å². The van der Waals surface area contributed by atoms with Crippen molar-refractivity contribution in [2.24, 2.45) is 0 Å². The third kappa shape index (κ3) is 4.45. The van der Waals surface area contributed by atoms with Gasteiger partial charge in [-0.1, -0.05) is 12.1 Å². The summed E-state index contributed by atoms with van der Waals surface area (Å²) in [6, 6.07) is 7.30. The van der Waals surface area contributed by atoms with Gasteiger partial charge >= 0.3 is 0 Å². The first-order chi connectivity index (χ1) is 12.5. The molecule has 0 aliphatic carbocycles. The highest BCUT2D eigenvalue weighted by Gasteiger charge is 2.19. The number of amides is 1. The Kier molecular flexibility index (Phi) is 5.62. The van der Waals surface area contributed by atoms with Gasteiger partial charge in [0.2, 0.25) is 11.9 Å². The zero-order chi connectivity index (χ0) is 18.5. The Labute approximate surface area is 150 Å². The van der Waals surface area contributed by atoms with E-state index in [0.717, 1.165) is 5.56 Å². The fourth-order valence-corrected chi connectivity index (χ4v) is 2.76. The quantitative estimate of drug-likeness (QED) is 0.855. The molecule has 1 aromatic carbocycles. The normalized spacial score (nSPS) is 14.3. The van der Waals surface area contributed by atoms with Crippen LogP contribution in [0.1, 0.15) is 11.3 Å². The second-order valence-electron chi connectivity index (χ2n) is 6.12. The molecule has 7 nitrogen and oxygen atoms in total. The maximum absolute atomic E-state index is 12.9. The largest absolute Gasteiger partial charge is 0.378 e. The van der Waals surface area contributed by atoms with Gasteiger partial charge in [-0.2, -0.15) is 0 Å². The summed E-state index contributed by atoms with van der Waals surface area (Å²) in [6.07, 6.45) is 0. The number of hydrogen-bond acceptors (Lipinski definition) is 5. The van der Waals surface area contributed by atoms with Crippen molar-refractivity contribution in [2.75, 3.05) is 31.2 Å². The molecule has 0 bridgehead atoms. The molecule has 1 aromatic heterocycles. The third-order valence-corrected chi connectivity index (χ3v) is 4.11. The van der Waals surface area contributed by atoms with E-state index in [1.807, 2.05) is 4.90 Å². The minimum absolute atomic E-state index is 0.125. The molecular formula is C18H21FN4O3. The van der Waals surface area contributed by atoms with Crippen LogP contribution in [0.4, 0.5) is 10.3 Å². The molecule has 1 aliphatic heterocycles. The van der Waals surface area contributed by atoms with Gasteiger partial charge in [0.25, 0.3) is 5.56 Å². The maximum Gasteiger partial charge on any atom is 0.255 e. The van der Waals surface area contributed by atoms with Crippen LogP contribution >= 0.6 is 0 Å². The van der Waals surface area contributed by atoms with Crippen molar-refractivity contribution in [3.63, 3.8) is 0 Å². The lowest BCUT2D eigenvalue weighted by atomic mass is 10.2. The summed E-state index contributed by atoms with van der Waals surface area (Å²) in [5.41, 5.74) is 1.12. The second kappa shape index (κ2) is 8.09. The molecule has 0 unspecified atom stereocenters. The van der Waals surface area contributed by atoms with Crippen molar-refractivity contribution in [3.05, 3.63) is 57.8 Å². The van der Waals surface area contributed by atoms with Crippen molar-refractivity contribution >= 4 is 11.9 Å². The first-order valence-electron chi connectivity index (χ1n) is 8.45. The van der Waals surface area contributed by atoms with Crippen LogP contribution in [0.5, 0.6) is 0 Å². The van der Waals surface area contributed by atoms with Gasteiger partial charge in [-0.15, -0.1) is 0 Å². The Morgan fingerprint density at radius 2 is 1.96 bits per heavy atom. The molecule has 1 amide bonds. The van der Waals surface area contributed by atoms with E-state index in [4.69, 9.17) is 4.74 Å². The molecule has 0 spiro atoms. The number of hydrogen-bond donors (Lipinski definition) is 1. The summed E-state index contributed by atoms with van der Waals surface area (Å²) >= 11 is 0. The van der Waals surface area contributed by atoms with Crippen molar-refractivity contribution in [1.29, 1.82) is 0 Å². The number of anilines is 1. The van der Waals surface area contributed by atoms with Gasteiger partial charge in [-0.05, 0) is 24.6 Å². The van der Waals surface area contributed by atoms with E-state index in [1.165, 1.54) is 22.8 Å². The Morgan fingerprint density at radius 1 is 1.27 bits per heavy atom.